The predicted octanol–water partition coefficient (Wildman–Crippen LogP) is 12.9. The van der Waals surface area contributed by atoms with Crippen LogP contribution >= 0.6 is 0 Å². The minimum atomic E-state index is -0.443. The second kappa shape index (κ2) is 10.2. The molecular weight excluding hydrogens is 617 g/mol. The first-order valence-electron chi connectivity index (χ1n) is 17.9. The van der Waals surface area contributed by atoms with Crippen LogP contribution in [0.2, 0.25) is 0 Å². The summed E-state index contributed by atoms with van der Waals surface area (Å²) in [6.45, 7) is 4.61. The lowest BCUT2D eigenvalue weighted by Gasteiger charge is -2.40. The Balaban J connectivity index is 1.15. The highest BCUT2D eigenvalue weighted by atomic mass is 16.5. The van der Waals surface area contributed by atoms with Gasteiger partial charge >= 0.3 is 0 Å². The number of hydrogen-bond acceptors (Lipinski definition) is 1. The van der Waals surface area contributed by atoms with Gasteiger partial charge in [-0.05, 0) is 102 Å². The smallest absolute Gasteiger partial charge is 0.131 e. The molecule has 0 fully saturated rings. The molecule has 1 spiro atoms. The van der Waals surface area contributed by atoms with Crippen LogP contribution in [-0.4, -0.2) is 0 Å². The molecule has 3 aliphatic rings. The van der Waals surface area contributed by atoms with Crippen LogP contribution in [0.25, 0.3) is 55.3 Å². The lowest BCUT2D eigenvalue weighted by Crippen LogP contribution is -2.31. The van der Waals surface area contributed by atoms with Crippen LogP contribution in [0.4, 0.5) is 0 Å². The van der Waals surface area contributed by atoms with E-state index in [-0.39, 0.29) is 5.41 Å². The van der Waals surface area contributed by atoms with E-state index >= 15 is 0 Å². The summed E-state index contributed by atoms with van der Waals surface area (Å²) in [5.74, 6) is 1.88. The first-order chi connectivity index (χ1) is 25.0. The Morgan fingerprint density at radius 1 is 0.353 bits per heavy atom. The zero-order chi connectivity index (χ0) is 33.9. The first-order valence-corrected chi connectivity index (χ1v) is 17.9. The summed E-state index contributed by atoms with van der Waals surface area (Å²) in [7, 11) is 0. The molecule has 0 saturated carbocycles. The van der Waals surface area contributed by atoms with Crippen LogP contribution in [0.1, 0.15) is 47.2 Å². The average molecular weight is 651 g/mol. The molecule has 11 rings (SSSR count). The van der Waals surface area contributed by atoms with Crippen molar-refractivity contribution in [3.63, 3.8) is 0 Å². The largest absolute Gasteiger partial charge is 0.457 e. The minimum absolute atomic E-state index is 0.188. The quantitative estimate of drug-likeness (QED) is 0.181. The SMILES string of the molecule is CC1(C)c2ccccc2Oc2ccc(-c3ccccc3-c3ccc4c(c3)C3(c5ccccc5-4)c4ccccc4-c4cccc5cccc3c45)cc21. The molecule has 1 atom stereocenters. The van der Waals surface area contributed by atoms with Crippen molar-refractivity contribution in [1.29, 1.82) is 0 Å². The zero-order valence-corrected chi connectivity index (χ0v) is 28.6. The fraction of sp³-hybridized carbons (Fsp3) is 0.0800. The maximum atomic E-state index is 6.44. The van der Waals surface area contributed by atoms with Crippen molar-refractivity contribution in [2.24, 2.45) is 0 Å². The highest BCUT2D eigenvalue weighted by Crippen LogP contribution is 2.62. The van der Waals surface area contributed by atoms with E-state index in [4.69, 9.17) is 4.74 Å². The third-order valence-corrected chi connectivity index (χ3v) is 12.0. The van der Waals surface area contributed by atoms with E-state index in [1.165, 1.54) is 88.7 Å². The lowest BCUT2D eigenvalue weighted by molar-refractivity contribution is 0.418. The van der Waals surface area contributed by atoms with Gasteiger partial charge in [0.25, 0.3) is 0 Å². The number of para-hydroxylation sites is 1. The van der Waals surface area contributed by atoms with E-state index in [1.54, 1.807) is 0 Å². The zero-order valence-electron chi connectivity index (χ0n) is 28.6. The van der Waals surface area contributed by atoms with Crippen molar-refractivity contribution in [3.8, 4) is 56.0 Å². The van der Waals surface area contributed by atoms with Crippen LogP contribution in [0.3, 0.4) is 0 Å². The van der Waals surface area contributed by atoms with Crippen molar-refractivity contribution >= 4 is 10.8 Å². The van der Waals surface area contributed by atoms with Gasteiger partial charge in [0.05, 0.1) is 5.41 Å². The van der Waals surface area contributed by atoms with Gasteiger partial charge in [-0.1, -0.05) is 159 Å². The van der Waals surface area contributed by atoms with Crippen LogP contribution in [0, 0.1) is 0 Å². The second-order valence-corrected chi connectivity index (χ2v) is 14.8. The van der Waals surface area contributed by atoms with Gasteiger partial charge in [-0.15, -0.1) is 0 Å². The van der Waals surface area contributed by atoms with Gasteiger partial charge in [-0.2, -0.15) is 0 Å². The number of hydrogen-bond donors (Lipinski definition) is 0. The lowest BCUT2D eigenvalue weighted by atomic mass is 9.61. The van der Waals surface area contributed by atoms with Crippen molar-refractivity contribution in [1.82, 2.24) is 0 Å². The number of ether oxygens (including phenoxy) is 1. The Morgan fingerprint density at radius 2 is 0.843 bits per heavy atom. The average Bonchev–Trinajstić information content (AvgIpc) is 3.47. The minimum Gasteiger partial charge on any atom is -0.457 e. The molecule has 8 aromatic carbocycles. The molecule has 1 nitrogen and oxygen atoms in total. The molecule has 0 bridgehead atoms. The van der Waals surface area contributed by atoms with E-state index < -0.39 is 5.41 Å². The van der Waals surface area contributed by atoms with Crippen molar-refractivity contribution in [2.45, 2.75) is 24.7 Å². The molecule has 0 amide bonds. The molecule has 240 valence electrons. The van der Waals surface area contributed by atoms with Gasteiger partial charge in [0.2, 0.25) is 0 Å². The molecule has 0 saturated heterocycles. The molecule has 2 aliphatic carbocycles. The van der Waals surface area contributed by atoms with Gasteiger partial charge in [0.1, 0.15) is 11.5 Å². The van der Waals surface area contributed by atoms with E-state index in [0.717, 1.165) is 11.5 Å². The molecule has 51 heavy (non-hydrogen) atoms. The summed E-state index contributed by atoms with van der Waals surface area (Å²) in [5, 5.41) is 2.64. The van der Waals surface area contributed by atoms with Gasteiger partial charge in [-0.25, -0.2) is 0 Å². The van der Waals surface area contributed by atoms with Crippen LogP contribution in [-0.2, 0) is 10.8 Å². The van der Waals surface area contributed by atoms with Gasteiger partial charge in [0, 0.05) is 16.5 Å². The maximum absolute atomic E-state index is 6.44. The highest BCUT2D eigenvalue weighted by Gasteiger charge is 2.50. The summed E-state index contributed by atoms with van der Waals surface area (Å²) < 4.78 is 6.44. The molecule has 1 heterocycles. The summed E-state index contributed by atoms with van der Waals surface area (Å²) >= 11 is 0. The number of fused-ring (bicyclic) bond motifs is 11. The molecule has 1 aliphatic heterocycles. The molecule has 0 N–H and O–H groups in total. The van der Waals surface area contributed by atoms with E-state index in [1.807, 2.05) is 0 Å². The van der Waals surface area contributed by atoms with Crippen LogP contribution < -0.4 is 4.74 Å². The molecule has 0 radical (unpaired) electrons. The van der Waals surface area contributed by atoms with Gasteiger partial charge in [-0.3, -0.25) is 0 Å². The Labute approximate surface area is 298 Å². The van der Waals surface area contributed by atoms with Crippen molar-refractivity contribution in [2.75, 3.05) is 0 Å². The topological polar surface area (TPSA) is 9.23 Å². The third-order valence-electron chi connectivity index (χ3n) is 12.0. The Kier molecular flexibility index (Phi) is 5.72. The Hall–Kier alpha value is -6.18. The van der Waals surface area contributed by atoms with Crippen molar-refractivity contribution in [3.05, 3.63) is 203 Å². The number of rotatable bonds is 2. The van der Waals surface area contributed by atoms with Crippen LogP contribution in [0.15, 0.2) is 170 Å². The normalized spacial score (nSPS) is 16.8. The summed E-state index contributed by atoms with van der Waals surface area (Å²) in [6, 6.07) is 63.1. The third kappa shape index (κ3) is 3.71. The number of benzene rings is 8. The molecular formula is C50H34O. The van der Waals surface area contributed by atoms with Crippen molar-refractivity contribution < 1.29 is 4.74 Å². The summed E-state index contributed by atoms with van der Waals surface area (Å²) in [5.41, 5.74) is 17.3. The predicted molar refractivity (Wildman–Crippen MR) is 210 cm³/mol. The maximum Gasteiger partial charge on any atom is 0.131 e. The van der Waals surface area contributed by atoms with E-state index in [2.05, 4.69) is 184 Å². The second-order valence-electron chi connectivity index (χ2n) is 14.8. The molecule has 8 aromatic rings. The summed E-state index contributed by atoms with van der Waals surface area (Å²) in [4.78, 5) is 0. The van der Waals surface area contributed by atoms with Gasteiger partial charge < -0.3 is 4.74 Å². The van der Waals surface area contributed by atoms with E-state index in [9.17, 15) is 0 Å². The fourth-order valence-corrected chi connectivity index (χ4v) is 9.69. The fourth-order valence-electron chi connectivity index (χ4n) is 9.69. The van der Waals surface area contributed by atoms with Gasteiger partial charge in [0.15, 0.2) is 0 Å². The summed E-state index contributed by atoms with van der Waals surface area (Å²) in [6.07, 6.45) is 0. The monoisotopic (exact) mass is 650 g/mol. The standard InChI is InChI=1S/C50H34O/c1-49(2)42-22-9-10-24-46(42)51-47-28-26-33(30-45(47)49)35-16-4-3-15-34(35)32-25-27-38-36-17-5-7-20-40(36)50(44(38)29-32)41-21-8-6-18-37(41)39-19-11-13-31-14-12-23-43(50)48(31)39/h3-30H,1-2H3. The first kappa shape index (κ1) is 28.6. The van der Waals surface area contributed by atoms with Crippen LogP contribution in [0.5, 0.6) is 11.5 Å². The molecule has 1 heteroatoms. The highest BCUT2D eigenvalue weighted by molar-refractivity contribution is 6.07. The molecule has 1 unspecified atom stereocenters. The Morgan fingerprint density at radius 3 is 1.57 bits per heavy atom. The Bertz CT molecular complexity index is 2760. The van der Waals surface area contributed by atoms with E-state index in [0.29, 0.717) is 0 Å². The molecule has 0 aromatic heterocycles.